The summed E-state index contributed by atoms with van der Waals surface area (Å²) in [6.07, 6.45) is 1.55. The molecule has 0 saturated heterocycles. The Morgan fingerprint density at radius 2 is 2.18 bits per heavy atom. The lowest BCUT2D eigenvalue weighted by Crippen LogP contribution is -2.13. The van der Waals surface area contributed by atoms with Crippen LogP contribution in [0.25, 0.3) is 0 Å². The van der Waals surface area contributed by atoms with E-state index in [0.717, 1.165) is 5.56 Å². The van der Waals surface area contributed by atoms with Crippen molar-refractivity contribution in [2.45, 2.75) is 11.8 Å². The van der Waals surface area contributed by atoms with Gasteiger partial charge in [0.15, 0.2) is 5.13 Å². The van der Waals surface area contributed by atoms with Gasteiger partial charge in [0.1, 0.15) is 4.90 Å². The van der Waals surface area contributed by atoms with Crippen LogP contribution >= 0.6 is 27.3 Å². The van der Waals surface area contributed by atoms with Crippen molar-refractivity contribution in [2.75, 3.05) is 4.72 Å². The molecule has 2 aromatic rings. The molecule has 0 fully saturated rings. The number of hydrogen-bond acceptors (Lipinski definition) is 4. The topological polar surface area (TPSA) is 59.1 Å². The van der Waals surface area contributed by atoms with Crippen LogP contribution in [-0.2, 0) is 10.0 Å². The van der Waals surface area contributed by atoms with Gasteiger partial charge < -0.3 is 0 Å². The number of benzene rings is 1. The quantitative estimate of drug-likeness (QED) is 0.939. The second kappa shape index (κ2) is 4.75. The molecule has 0 bridgehead atoms. The monoisotopic (exact) mass is 332 g/mol. The van der Waals surface area contributed by atoms with Crippen LogP contribution in [0.2, 0.25) is 0 Å². The molecule has 17 heavy (non-hydrogen) atoms. The number of aryl methyl sites for hydroxylation is 1. The maximum absolute atomic E-state index is 12.1. The van der Waals surface area contributed by atoms with E-state index in [1.54, 1.807) is 29.8 Å². The van der Waals surface area contributed by atoms with Gasteiger partial charge in [-0.2, -0.15) is 0 Å². The summed E-state index contributed by atoms with van der Waals surface area (Å²) in [5.41, 5.74) is 0.991. The molecule has 1 aromatic heterocycles. The minimum atomic E-state index is -3.58. The molecular formula is C10H9BrN2O2S2. The second-order valence-corrected chi connectivity index (χ2v) is 6.78. The normalized spacial score (nSPS) is 11.4. The van der Waals surface area contributed by atoms with Gasteiger partial charge in [-0.3, -0.25) is 4.72 Å². The smallest absolute Gasteiger partial charge is 0.255 e. The Balaban J connectivity index is 2.38. The second-order valence-electron chi connectivity index (χ2n) is 3.38. The van der Waals surface area contributed by atoms with Crippen LogP contribution in [0.15, 0.2) is 39.1 Å². The number of aromatic nitrogens is 1. The average Bonchev–Trinajstić information content (AvgIpc) is 2.68. The minimum absolute atomic E-state index is 0.207. The summed E-state index contributed by atoms with van der Waals surface area (Å²) >= 11 is 4.49. The van der Waals surface area contributed by atoms with Crippen molar-refractivity contribution < 1.29 is 8.42 Å². The van der Waals surface area contributed by atoms with Crippen LogP contribution in [-0.4, -0.2) is 13.4 Å². The van der Waals surface area contributed by atoms with Crippen molar-refractivity contribution in [1.82, 2.24) is 4.98 Å². The number of thiazole rings is 1. The van der Waals surface area contributed by atoms with Crippen molar-refractivity contribution >= 4 is 42.4 Å². The van der Waals surface area contributed by atoms with Gasteiger partial charge in [-0.25, -0.2) is 13.4 Å². The molecule has 0 saturated carbocycles. The summed E-state index contributed by atoms with van der Waals surface area (Å²) in [5.74, 6) is 0. The van der Waals surface area contributed by atoms with Crippen LogP contribution in [0.4, 0.5) is 5.13 Å². The van der Waals surface area contributed by atoms with E-state index in [1.807, 2.05) is 6.92 Å². The third kappa shape index (κ3) is 2.85. The lowest BCUT2D eigenvalue weighted by molar-refractivity contribution is 0.600. The van der Waals surface area contributed by atoms with E-state index < -0.39 is 10.0 Å². The Hall–Kier alpha value is -0.920. The van der Waals surface area contributed by atoms with Gasteiger partial charge in [0.05, 0.1) is 0 Å². The van der Waals surface area contributed by atoms with Crippen molar-refractivity contribution in [3.05, 3.63) is 39.8 Å². The maximum atomic E-state index is 12.1. The highest BCUT2D eigenvalue weighted by Crippen LogP contribution is 2.25. The number of halogens is 1. The highest BCUT2D eigenvalue weighted by atomic mass is 79.9. The van der Waals surface area contributed by atoms with Gasteiger partial charge in [0, 0.05) is 16.0 Å². The zero-order chi connectivity index (χ0) is 12.5. The molecule has 2 rings (SSSR count). The summed E-state index contributed by atoms with van der Waals surface area (Å²) in [4.78, 5) is 4.09. The lowest BCUT2D eigenvalue weighted by atomic mass is 10.2. The summed E-state index contributed by atoms with van der Waals surface area (Å²) < 4.78 is 27.1. The van der Waals surface area contributed by atoms with Gasteiger partial charge >= 0.3 is 0 Å². The third-order valence-corrected chi connectivity index (χ3v) is 5.16. The fraction of sp³-hybridized carbons (Fsp3) is 0.100. The molecule has 1 aromatic carbocycles. The molecule has 90 valence electrons. The molecule has 0 amide bonds. The zero-order valence-corrected chi connectivity index (χ0v) is 12.1. The molecule has 4 nitrogen and oxygen atoms in total. The van der Waals surface area contributed by atoms with Crippen molar-refractivity contribution in [3.8, 4) is 0 Å². The standard InChI is InChI=1S/C10H9BrN2O2S2/c1-7-2-3-9(8(11)6-7)17(14,15)13-10-12-4-5-16-10/h2-6H,1H3,(H,12,13). The van der Waals surface area contributed by atoms with E-state index in [9.17, 15) is 8.42 Å². The first-order chi connectivity index (χ1) is 7.99. The summed E-state index contributed by atoms with van der Waals surface area (Å²) in [6, 6.07) is 5.08. The van der Waals surface area contributed by atoms with E-state index in [2.05, 4.69) is 25.6 Å². The first-order valence-electron chi connectivity index (χ1n) is 4.67. The first kappa shape index (κ1) is 12.5. The molecule has 0 aliphatic rings. The Labute approximate surface area is 112 Å². The zero-order valence-electron chi connectivity index (χ0n) is 8.84. The molecule has 0 radical (unpaired) electrons. The van der Waals surface area contributed by atoms with Gasteiger partial charge in [0.2, 0.25) is 0 Å². The van der Waals surface area contributed by atoms with Gasteiger partial charge in [-0.1, -0.05) is 6.07 Å². The number of hydrogen-bond donors (Lipinski definition) is 1. The Morgan fingerprint density at radius 3 is 2.76 bits per heavy atom. The predicted molar refractivity (Wildman–Crippen MR) is 71.8 cm³/mol. The highest BCUT2D eigenvalue weighted by Gasteiger charge is 2.18. The minimum Gasteiger partial charge on any atom is -0.255 e. The number of nitrogens with zero attached hydrogens (tertiary/aromatic N) is 1. The Bertz CT molecular complexity index is 624. The molecular weight excluding hydrogens is 324 g/mol. The Morgan fingerprint density at radius 1 is 1.41 bits per heavy atom. The SMILES string of the molecule is Cc1ccc(S(=O)(=O)Nc2nccs2)c(Br)c1. The van der Waals surface area contributed by atoms with Crippen LogP contribution in [0.1, 0.15) is 5.56 Å². The Kier molecular flexibility index (Phi) is 3.50. The van der Waals surface area contributed by atoms with Crippen LogP contribution in [0.5, 0.6) is 0 Å². The van der Waals surface area contributed by atoms with E-state index >= 15 is 0 Å². The van der Waals surface area contributed by atoms with Gasteiger partial charge in [0.25, 0.3) is 10.0 Å². The molecule has 0 unspecified atom stereocenters. The molecule has 0 aliphatic heterocycles. The third-order valence-electron chi connectivity index (χ3n) is 2.03. The first-order valence-corrected chi connectivity index (χ1v) is 7.83. The van der Waals surface area contributed by atoms with Crippen molar-refractivity contribution in [1.29, 1.82) is 0 Å². The van der Waals surface area contributed by atoms with E-state index in [0.29, 0.717) is 9.60 Å². The molecule has 0 aliphatic carbocycles. The van der Waals surface area contributed by atoms with E-state index in [-0.39, 0.29) is 4.90 Å². The number of nitrogens with one attached hydrogen (secondary N) is 1. The summed E-state index contributed by atoms with van der Waals surface area (Å²) in [6.45, 7) is 1.90. The molecule has 1 heterocycles. The van der Waals surface area contributed by atoms with Crippen LogP contribution < -0.4 is 4.72 Å². The van der Waals surface area contributed by atoms with E-state index in [4.69, 9.17) is 0 Å². The van der Waals surface area contributed by atoms with Crippen molar-refractivity contribution in [3.63, 3.8) is 0 Å². The number of sulfonamides is 1. The summed E-state index contributed by atoms with van der Waals surface area (Å²) in [7, 11) is -3.58. The lowest BCUT2D eigenvalue weighted by Gasteiger charge is -2.07. The summed E-state index contributed by atoms with van der Waals surface area (Å²) in [5, 5.41) is 2.07. The fourth-order valence-corrected chi connectivity index (χ4v) is 4.25. The number of anilines is 1. The van der Waals surface area contributed by atoms with E-state index in [1.165, 1.54) is 11.3 Å². The maximum Gasteiger partial charge on any atom is 0.264 e. The largest absolute Gasteiger partial charge is 0.264 e. The average molecular weight is 333 g/mol. The predicted octanol–water partition coefficient (Wildman–Crippen LogP) is 3.01. The fourth-order valence-electron chi connectivity index (χ4n) is 1.27. The molecule has 0 atom stereocenters. The molecule has 0 spiro atoms. The van der Waals surface area contributed by atoms with Crippen LogP contribution in [0.3, 0.4) is 0 Å². The van der Waals surface area contributed by atoms with Gasteiger partial charge in [-0.05, 0) is 40.5 Å². The molecule has 1 N–H and O–H groups in total. The highest BCUT2D eigenvalue weighted by molar-refractivity contribution is 9.10. The van der Waals surface area contributed by atoms with Crippen molar-refractivity contribution in [2.24, 2.45) is 0 Å². The van der Waals surface area contributed by atoms with Crippen LogP contribution in [0, 0.1) is 6.92 Å². The molecule has 7 heteroatoms. The number of rotatable bonds is 3. The van der Waals surface area contributed by atoms with Gasteiger partial charge in [-0.15, -0.1) is 11.3 Å².